The van der Waals surface area contributed by atoms with Crippen molar-refractivity contribution in [1.82, 2.24) is 10.2 Å². The maximum absolute atomic E-state index is 12.8. The number of aliphatic hydroxyl groups excluding tert-OH is 1. The minimum Gasteiger partial charge on any atom is -0.396 e. The van der Waals surface area contributed by atoms with E-state index in [4.69, 9.17) is 5.11 Å². The number of non-ortho nitro benzene ring substituents is 1. The van der Waals surface area contributed by atoms with E-state index in [9.17, 15) is 14.9 Å². The monoisotopic (exact) mass is 403 g/mol. The molecule has 2 rings (SSSR count). The van der Waals surface area contributed by atoms with E-state index in [0.717, 1.165) is 11.1 Å². The number of likely N-dealkylation sites (N-methyl/N-ethyl adjacent to an activating group) is 1. The van der Waals surface area contributed by atoms with E-state index < -0.39 is 4.92 Å². The van der Waals surface area contributed by atoms with Crippen LogP contribution in [0.1, 0.15) is 27.5 Å². The predicted octanol–water partition coefficient (Wildman–Crippen LogP) is 3.02. The summed E-state index contributed by atoms with van der Waals surface area (Å²) in [5.41, 5.74) is 2.34. The molecule has 150 valence electrons. The molecule has 0 aliphatic carbocycles. The maximum Gasteiger partial charge on any atom is 0.270 e. The average molecular weight is 404 g/mol. The van der Waals surface area contributed by atoms with Crippen LogP contribution in [0.15, 0.2) is 47.4 Å². The predicted molar refractivity (Wildman–Crippen MR) is 111 cm³/mol. The number of nitro groups is 1. The molecule has 0 spiro atoms. The van der Waals surface area contributed by atoms with Crippen molar-refractivity contribution in [1.29, 1.82) is 0 Å². The van der Waals surface area contributed by atoms with E-state index in [1.807, 2.05) is 50.2 Å². The molecule has 0 saturated carbocycles. The van der Waals surface area contributed by atoms with E-state index in [0.29, 0.717) is 17.2 Å². The summed E-state index contributed by atoms with van der Waals surface area (Å²) >= 11 is 1.29. The van der Waals surface area contributed by atoms with Gasteiger partial charge in [0.2, 0.25) is 0 Å². The van der Waals surface area contributed by atoms with Gasteiger partial charge in [-0.3, -0.25) is 14.9 Å². The zero-order chi connectivity index (χ0) is 20.7. The van der Waals surface area contributed by atoms with E-state index in [2.05, 4.69) is 5.32 Å². The quantitative estimate of drug-likeness (QED) is 0.380. The highest BCUT2D eigenvalue weighted by Gasteiger charge is 2.20. The first kappa shape index (κ1) is 21.9. The Kier molecular flexibility index (Phi) is 7.98. The number of aryl methyl sites for hydroxylation is 1. The summed E-state index contributed by atoms with van der Waals surface area (Å²) in [6.45, 7) is 2.34. The second-order valence-corrected chi connectivity index (χ2v) is 7.75. The van der Waals surface area contributed by atoms with Gasteiger partial charge in [0.15, 0.2) is 0 Å². The molecular formula is C20H25N3O4S. The zero-order valence-corrected chi connectivity index (χ0v) is 17.0. The highest BCUT2D eigenvalue weighted by molar-refractivity contribution is 7.99. The van der Waals surface area contributed by atoms with Gasteiger partial charge in [-0.1, -0.05) is 29.8 Å². The van der Waals surface area contributed by atoms with Gasteiger partial charge in [0.1, 0.15) is 0 Å². The molecule has 0 radical (unpaired) electrons. The standard InChI is InChI=1S/C20H25N3O4S/c1-14-4-6-15(7-5-14)18(22(2)3)13-21-20(25)17-12-16(23(26)27)8-9-19(17)28-11-10-24/h4-9,12,18,24H,10-11,13H2,1-3H3,(H,21,25). The molecule has 2 aromatic rings. The number of carbonyl (C=O) groups is 1. The summed E-state index contributed by atoms with van der Waals surface area (Å²) in [5, 5.41) is 23.0. The van der Waals surface area contributed by atoms with Crippen LogP contribution in [0.5, 0.6) is 0 Å². The average Bonchev–Trinajstić information content (AvgIpc) is 2.67. The van der Waals surface area contributed by atoms with Crippen molar-refractivity contribution in [2.75, 3.05) is 33.0 Å². The number of thioether (sulfide) groups is 1. The Bertz CT molecular complexity index is 825. The second-order valence-electron chi connectivity index (χ2n) is 6.61. The number of amides is 1. The number of nitrogens with one attached hydrogen (secondary N) is 1. The number of nitrogens with zero attached hydrogens (tertiary/aromatic N) is 2. The van der Waals surface area contributed by atoms with Crippen molar-refractivity contribution in [2.45, 2.75) is 17.9 Å². The molecule has 0 bridgehead atoms. The van der Waals surface area contributed by atoms with Crippen LogP contribution in [0, 0.1) is 17.0 Å². The van der Waals surface area contributed by atoms with Gasteiger partial charge in [-0.2, -0.15) is 0 Å². The lowest BCUT2D eigenvalue weighted by molar-refractivity contribution is -0.384. The van der Waals surface area contributed by atoms with E-state index in [1.54, 1.807) is 6.07 Å². The Balaban J connectivity index is 2.20. The molecule has 2 aromatic carbocycles. The Morgan fingerprint density at radius 2 is 1.93 bits per heavy atom. The smallest absolute Gasteiger partial charge is 0.270 e. The van der Waals surface area contributed by atoms with Gasteiger partial charge in [0.05, 0.1) is 23.1 Å². The number of nitro benzene ring substituents is 1. The third kappa shape index (κ3) is 5.79. The molecule has 28 heavy (non-hydrogen) atoms. The van der Waals surface area contributed by atoms with Crippen LogP contribution in [0.4, 0.5) is 5.69 Å². The Hall–Kier alpha value is -2.42. The number of hydrogen-bond donors (Lipinski definition) is 2. The van der Waals surface area contributed by atoms with Crippen LogP contribution in [0.3, 0.4) is 0 Å². The molecule has 0 heterocycles. The van der Waals surface area contributed by atoms with E-state index in [-0.39, 0.29) is 29.8 Å². The molecule has 2 N–H and O–H groups in total. The fraction of sp³-hybridized carbons (Fsp3) is 0.350. The molecular weight excluding hydrogens is 378 g/mol. The summed E-state index contributed by atoms with van der Waals surface area (Å²) in [7, 11) is 3.87. The molecule has 0 aliphatic heterocycles. The van der Waals surface area contributed by atoms with Gasteiger partial charge in [0.25, 0.3) is 11.6 Å². The minimum absolute atomic E-state index is 0.0307. The third-order valence-corrected chi connectivity index (χ3v) is 5.36. The van der Waals surface area contributed by atoms with Gasteiger partial charge in [-0.05, 0) is 32.6 Å². The molecule has 0 fully saturated rings. The van der Waals surface area contributed by atoms with Crippen molar-refractivity contribution in [3.63, 3.8) is 0 Å². The SMILES string of the molecule is Cc1ccc(C(CNC(=O)c2cc([N+](=O)[O-])ccc2SCCO)N(C)C)cc1. The van der Waals surface area contributed by atoms with E-state index >= 15 is 0 Å². The number of hydrogen-bond acceptors (Lipinski definition) is 6. The Labute approximate surface area is 168 Å². The fourth-order valence-electron chi connectivity index (χ4n) is 2.76. The Morgan fingerprint density at radius 1 is 1.25 bits per heavy atom. The zero-order valence-electron chi connectivity index (χ0n) is 16.2. The van der Waals surface area contributed by atoms with Crippen LogP contribution < -0.4 is 5.32 Å². The van der Waals surface area contributed by atoms with Gasteiger partial charge >= 0.3 is 0 Å². The van der Waals surface area contributed by atoms with Crippen molar-refractivity contribution < 1.29 is 14.8 Å². The number of benzene rings is 2. The largest absolute Gasteiger partial charge is 0.396 e. The van der Waals surface area contributed by atoms with Crippen LogP contribution in [0.25, 0.3) is 0 Å². The van der Waals surface area contributed by atoms with Crippen LogP contribution in [-0.2, 0) is 0 Å². The highest BCUT2D eigenvalue weighted by atomic mass is 32.2. The molecule has 0 aliphatic rings. The van der Waals surface area contributed by atoms with Crippen LogP contribution in [0.2, 0.25) is 0 Å². The maximum atomic E-state index is 12.8. The molecule has 1 unspecified atom stereocenters. The van der Waals surface area contributed by atoms with Crippen molar-refractivity contribution in [3.8, 4) is 0 Å². The highest BCUT2D eigenvalue weighted by Crippen LogP contribution is 2.27. The second kappa shape index (κ2) is 10.2. The topological polar surface area (TPSA) is 95.7 Å². The number of carbonyl (C=O) groups excluding carboxylic acids is 1. The molecule has 0 aromatic heterocycles. The first-order chi connectivity index (χ1) is 13.3. The first-order valence-electron chi connectivity index (χ1n) is 8.86. The lowest BCUT2D eigenvalue weighted by Gasteiger charge is -2.25. The summed E-state index contributed by atoms with van der Waals surface area (Å²) in [5.74, 6) is 0.0324. The minimum atomic E-state index is -0.522. The molecule has 8 heteroatoms. The normalized spacial score (nSPS) is 12.0. The van der Waals surface area contributed by atoms with Gasteiger partial charge in [-0.15, -0.1) is 11.8 Å². The lowest BCUT2D eigenvalue weighted by Crippen LogP contribution is -2.34. The number of rotatable bonds is 9. The molecule has 1 atom stereocenters. The molecule has 7 nitrogen and oxygen atoms in total. The van der Waals surface area contributed by atoms with Gasteiger partial charge < -0.3 is 15.3 Å². The molecule has 1 amide bonds. The summed E-state index contributed by atoms with van der Waals surface area (Å²) in [6, 6.07) is 12.3. The van der Waals surface area contributed by atoms with E-state index in [1.165, 1.54) is 23.9 Å². The first-order valence-corrected chi connectivity index (χ1v) is 9.85. The summed E-state index contributed by atoms with van der Waals surface area (Å²) < 4.78 is 0. The molecule has 0 saturated heterocycles. The Morgan fingerprint density at radius 3 is 2.50 bits per heavy atom. The van der Waals surface area contributed by atoms with Crippen LogP contribution >= 0.6 is 11.8 Å². The van der Waals surface area contributed by atoms with Gasteiger partial charge in [-0.25, -0.2) is 0 Å². The summed E-state index contributed by atoms with van der Waals surface area (Å²) in [4.78, 5) is 26.0. The summed E-state index contributed by atoms with van der Waals surface area (Å²) in [6.07, 6.45) is 0. The van der Waals surface area contributed by atoms with Crippen molar-refractivity contribution in [2.24, 2.45) is 0 Å². The number of aliphatic hydroxyl groups is 1. The third-order valence-electron chi connectivity index (χ3n) is 4.31. The lowest BCUT2D eigenvalue weighted by atomic mass is 10.0. The van der Waals surface area contributed by atoms with Crippen LogP contribution in [-0.4, -0.2) is 53.8 Å². The van der Waals surface area contributed by atoms with Crippen molar-refractivity contribution >= 4 is 23.4 Å². The van der Waals surface area contributed by atoms with Crippen molar-refractivity contribution in [3.05, 3.63) is 69.3 Å². The van der Waals surface area contributed by atoms with Gasteiger partial charge in [0, 0.05) is 29.3 Å². The fourth-order valence-corrected chi connectivity index (χ4v) is 3.54.